The van der Waals surface area contributed by atoms with Crippen molar-refractivity contribution in [3.8, 4) is 0 Å². The third-order valence-corrected chi connectivity index (χ3v) is 3.89. The number of halogens is 1. The number of nitrogens with one attached hydrogen (secondary N) is 2. The second-order valence-electron chi connectivity index (χ2n) is 5.58. The summed E-state index contributed by atoms with van der Waals surface area (Å²) in [7, 11) is 0. The summed E-state index contributed by atoms with van der Waals surface area (Å²) >= 11 is 3.42. The molecule has 5 nitrogen and oxygen atoms in total. The van der Waals surface area contributed by atoms with Gasteiger partial charge in [0, 0.05) is 31.0 Å². The lowest BCUT2D eigenvalue weighted by Crippen LogP contribution is -2.25. The Morgan fingerprint density at radius 1 is 1.30 bits per heavy atom. The first-order valence-electron chi connectivity index (χ1n) is 7.28. The van der Waals surface area contributed by atoms with E-state index in [9.17, 15) is 4.79 Å². The maximum atomic E-state index is 11.5. The second-order valence-corrected chi connectivity index (χ2v) is 6.39. The molecule has 6 heteroatoms. The van der Waals surface area contributed by atoms with Gasteiger partial charge < -0.3 is 10.6 Å². The number of anilines is 1. The normalized spacial score (nSPS) is 17.9. The second kappa shape index (κ2) is 6.08. The molecule has 2 aliphatic rings. The van der Waals surface area contributed by atoms with Gasteiger partial charge in [0.15, 0.2) is 0 Å². The maximum Gasteiger partial charge on any atom is 0.220 e. The molecule has 0 bridgehead atoms. The number of carbonyl (C=O) groups excluding carboxylic acids is 1. The van der Waals surface area contributed by atoms with Crippen LogP contribution < -0.4 is 10.6 Å². The van der Waals surface area contributed by atoms with E-state index in [1.165, 1.54) is 12.8 Å². The lowest BCUT2D eigenvalue weighted by molar-refractivity contribution is -0.121. The summed E-state index contributed by atoms with van der Waals surface area (Å²) in [6.07, 6.45) is 6.06. The number of hydrogen-bond donors (Lipinski definition) is 2. The summed E-state index contributed by atoms with van der Waals surface area (Å²) in [5.41, 5.74) is 0. The van der Waals surface area contributed by atoms with Crippen LogP contribution in [-0.2, 0) is 4.79 Å². The number of nitrogens with zero attached hydrogens (tertiary/aromatic N) is 2. The van der Waals surface area contributed by atoms with E-state index in [0.29, 0.717) is 18.4 Å². The fourth-order valence-corrected chi connectivity index (χ4v) is 2.44. The van der Waals surface area contributed by atoms with E-state index in [1.54, 1.807) is 0 Å². The van der Waals surface area contributed by atoms with Gasteiger partial charge in [0.2, 0.25) is 5.91 Å². The van der Waals surface area contributed by atoms with E-state index in [-0.39, 0.29) is 5.91 Å². The molecule has 2 aliphatic carbocycles. The molecule has 3 rings (SSSR count). The minimum absolute atomic E-state index is 0.164. The third-order valence-electron chi connectivity index (χ3n) is 3.48. The number of aromatic nitrogens is 2. The van der Waals surface area contributed by atoms with Crippen molar-refractivity contribution < 1.29 is 4.79 Å². The smallest absolute Gasteiger partial charge is 0.220 e. The van der Waals surface area contributed by atoms with Crippen LogP contribution in [0.4, 0.5) is 5.82 Å². The molecule has 0 unspecified atom stereocenters. The number of amides is 1. The molecule has 2 saturated carbocycles. The third kappa shape index (κ3) is 4.16. The fourth-order valence-electron chi connectivity index (χ4n) is 2.04. The largest absolute Gasteiger partial charge is 0.370 e. The zero-order valence-corrected chi connectivity index (χ0v) is 12.9. The summed E-state index contributed by atoms with van der Waals surface area (Å²) in [5, 5.41) is 6.27. The van der Waals surface area contributed by atoms with E-state index >= 15 is 0 Å². The van der Waals surface area contributed by atoms with Crippen molar-refractivity contribution in [3.05, 3.63) is 16.5 Å². The molecule has 1 aromatic heterocycles. The first kappa shape index (κ1) is 13.8. The van der Waals surface area contributed by atoms with Gasteiger partial charge in [-0.25, -0.2) is 9.97 Å². The Hall–Kier alpha value is -1.17. The highest BCUT2D eigenvalue weighted by Gasteiger charge is 2.27. The Morgan fingerprint density at radius 3 is 2.80 bits per heavy atom. The Morgan fingerprint density at radius 2 is 2.10 bits per heavy atom. The standard InChI is InChI=1S/C14H19BrN4O/c15-11-8-12(19-14(18-11)9-3-4-9)16-7-1-2-13(20)17-10-5-6-10/h8-10H,1-7H2,(H,17,20)(H,16,18,19). The molecule has 0 saturated heterocycles. The minimum Gasteiger partial charge on any atom is -0.370 e. The molecule has 0 aromatic carbocycles. The maximum absolute atomic E-state index is 11.5. The molecular formula is C14H19BrN4O. The fraction of sp³-hybridized carbons (Fsp3) is 0.643. The molecule has 2 fully saturated rings. The molecule has 108 valence electrons. The van der Waals surface area contributed by atoms with Crippen LogP contribution in [0.2, 0.25) is 0 Å². The van der Waals surface area contributed by atoms with E-state index in [0.717, 1.165) is 42.1 Å². The van der Waals surface area contributed by atoms with Crippen LogP contribution in [0.3, 0.4) is 0 Å². The molecule has 1 amide bonds. The van der Waals surface area contributed by atoms with Crippen molar-refractivity contribution in [3.63, 3.8) is 0 Å². The van der Waals surface area contributed by atoms with Gasteiger partial charge in [-0.05, 0) is 48.0 Å². The van der Waals surface area contributed by atoms with E-state index in [1.807, 2.05) is 6.07 Å². The van der Waals surface area contributed by atoms with Gasteiger partial charge in [0.25, 0.3) is 0 Å². The van der Waals surface area contributed by atoms with Crippen LogP contribution in [0, 0.1) is 0 Å². The Balaban J connectivity index is 1.42. The lowest BCUT2D eigenvalue weighted by atomic mass is 10.3. The van der Waals surface area contributed by atoms with Crippen LogP contribution in [0.1, 0.15) is 50.3 Å². The minimum atomic E-state index is 0.164. The first-order valence-corrected chi connectivity index (χ1v) is 8.08. The van der Waals surface area contributed by atoms with Gasteiger partial charge in [-0.1, -0.05) is 0 Å². The van der Waals surface area contributed by atoms with Gasteiger partial charge >= 0.3 is 0 Å². The Labute approximate surface area is 127 Å². The SMILES string of the molecule is O=C(CCCNc1cc(Br)nc(C2CC2)n1)NC1CC1. The molecule has 0 radical (unpaired) electrons. The van der Waals surface area contributed by atoms with Crippen LogP contribution in [0.15, 0.2) is 10.7 Å². The van der Waals surface area contributed by atoms with Gasteiger partial charge in [-0.15, -0.1) is 0 Å². The number of carbonyl (C=O) groups is 1. The summed E-state index contributed by atoms with van der Waals surface area (Å²) in [5.74, 6) is 2.47. The average Bonchev–Trinajstić information content (AvgIpc) is 3.25. The summed E-state index contributed by atoms with van der Waals surface area (Å²) in [4.78, 5) is 20.4. The van der Waals surface area contributed by atoms with Gasteiger partial charge in [0.05, 0.1) is 0 Å². The molecule has 2 N–H and O–H groups in total. The van der Waals surface area contributed by atoms with Crippen molar-refractivity contribution >= 4 is 27.7 Å². The quantitative estimate of drug-likeness (QED) is 0.592. The van der Waals surface area contributed by atoms with Gasteiger partial charge in [0.1, 0.15) is 16.2 Å². The topological polar surface area (TPSA) is 66.9 Å². The van der Waals surface area contributed by atoms with Crippen molar-refractivity contribution in [2.75, 3.05) is 11.9 Å². The van der Waals surface area contributed by atoms with E-state index in [2.05, 4.69) is 36.5 Å². The van der Waals surface area contributed by atoms with E-state index in [4.69, 9.17) is 0 Å². The monoisotopic (exact) mass is 338 g/mol. The predicted octanol–water partition coefficient (Wildman–Crippen LogP) is 2.59. The first-order chi connectivity index (χ1) is 9.70. The molecule has 0 spiro atoms. The number of rotatable bonds is 7. The average molecular weight is 339 g/mol. The Kier molecular flexibility index (Phi) is 4.19. The highest BCUT2D eigenvalue weighted by atomic mass is 79.9. The van der Waals surface area contributed by atoms with Crippen molar-refractivity contribution in [2.45, 2.75) is 50.5 Å². The summed E-state index contributed by atoms with van der Waals surface area (Å²) in [6, 6.07) is 2.34. The van der Waals surface area contributed by atoms with Crippen LogP contribution in [-0.4, -0.2) is 28.5 Å². The van der Waals surface area contributed by atoms with Crippen molar-refractivity contribution in [1.29, 1.82) is 0 Å². The molecule has 1 aromatic rings. The number of hydrogen-bond acceptors (Lipinski definition) is 4. The predicted molar refractivity (Wildman–Crippen MR) is 80.6 cm³/mol. The highest BCUT2D eigenvalue weighted by Crippen LogP contribution is 2.38. The summed E-state index contributed by atoms with van der Waals surface area (Å²) < 4.78 is 0.823. The van der Waals surface area contributed by atoms with E-state index < -0.39 is 0 Å². The molecule has 0 atom stereocenters. The zero-order valence-electron chi connectivity index (χ0n) is 11.4. The van der Waals surface area contributed by atoms with Crippen molar-refractivity contribution in [1.82, 2.24) is 15.3 Å². The zero-order chi connectivity index (χ0) is 13.9. The van der Waals surface area contributed by atoms with Crippen LogP contribution >= 0.6 is 15.9 Å². The molecule has 20 heavy (non-hydrogen) atoms. The van der Waals surface area contributed by atoms with Crippen molar-refractivity contribution in [2.24, 2.45) is 0 Å². The summed E-state index contributed by atoms with van der Waals surface area (Å²) in [6.45, 7) is 0.756. The van der Waals surface area contributed by atoms with Crippen LogP contribution in [0.5, 0.6) is 0 Å². The van der Waals surface area contributed by atoms with Crippen LogP contribution in [0.25, 0.3) is 0 Å². The lowest BCUT2D eigenvalue weighted by Gasteiger charge is -2.08. The molecule has 0 aliphatic heterocycles. The highest BCUT2D eigenvalue weighted by molar-refractivity contribution is 9.10. The molecular weight excluding hydrogens is 320 g/mol. The van der Waals surface area contributed by atoms with Gasteiger partial charge in [-0.3, -0.25) is 4.79 Å². The Bertz CT molecular complexity index is 500. The molecule has 1 heterocycles. The van der Waals surface area contributed by atoms with Gasteiger partial charge in [-0.2, -0.15) is 0 Å².